The van der Waals surface area contributed by atoms with E-state index in [0.717, 1.165) is 50.4 Å². The lowest BCUT2D eigenvalue weighted by atomic mass is 9.96. The Balaban J connectivity index is 0.00000288. The Kier molecular flexibility index (Phi) is 9.57. The highest BCUT2D eigenvalue weighted by atomic mass is 35.5. The number of methoxy groups -OCH3 is 1. The minimum Gasteiger partial charge on any atom is -0.497 e. The quantitative estimate of drug-likeness (QED) is 0.728. The van der Waals surface area contributed by atoms with Gasteiger partial charge in [0.2, 0.25) is 5.91 Å². The Morgan fingerprint density at radius 3 is 2.42 bits per heavy atom. The normalized spacial score (nSPS) is 14.8. The van der Waals surface area contributed by atoms with Crippen molar-refractivity contribution in [1.82, 2.24) is 10.2 Å². The van der Waals surface area contributed by atoms with Crippen LogP contribution < -0.4 is 14.8 Å². The van der Waals surface area contributed by atoms with Crippen LogP contribution in [0.3, 0.4) is 0 Å². The van der Waals surface area contributed by atoms with E-state index in [1.807, 2.05) is 36.2 Å². The lowest BCUT2D eigenvalue weighted by Gasteiger charge is -2.32. The van der Waals surface area contributed by atoms with Crippen LogP contribution in [0.25, 0.3) is 0 Å². The second-order valence-corrected chi connectivity index (χ2v) is 6.01. The predicted molar refractivity (Wildman–Crippen MR) is 98.2 cm³/mol. The van der Waals surface area contributed by atoms with Gasteiger partial charge in [-0.25, -0.2) is 0 Å². The van der Waals surface area contributed by atoms with Crippen molar-refractivity contribution in [3.8, 4) is 11.5 Å². The van der Waals surface area contributed by atoms with Crippen LogP contribution in [-0.4, -0.2) is 51.2 Å². The highest BCUT2D eigenvalue weighted by molar-refractivity contribution is 5.85. The molecule has 1 aromatic rings. The highest BCUT2D eigenvalue weighted by Crippen LogP contribution is 2.19. The van der Waals surface area contributed by atoms with Gasteiger partial charge in [-0.3, -0.25) is 4.79 Å². The molecule has 0 aliphatic carbocycles. The van der Waals surface area contributed by atoms with Crippen molar-refractivity contribution in [1.29, 1.82) is 0 Å². The minimum absolute atomic E-state index is 0. The van der Waals surface area contributed by atoms with Gasteiger partial charge in [-0.05, 0) is 63.0 Å². The third kappa shape index (κ3) is 6.57. The summed E-state index contributed by atoms with van der Waals surface area (Å²) in [6.07, 6.45) is 3.53. The number of hydrogen-bond donors (Lipinski definition) is 1. The Bertz CT molecular complexity index is 474. The first-order valence-corrected chi connectivity index (χ1v) is 8.42. The minimum atomic E-state index is 0. The molecule has 2 rings (SSSR count). The lowest BCUT2D eigenvalue weighted by Crippen LogP contribution is -2.40. The summed E-state index contributed by atoms with van der Waals surface area (Å²) in [6.45, 7) is 3.40. The summed E-state index contributed by atoms with van der Waals surface area (Å²) >= 11 is 0. The van der Waals surface area contributed by atoms with Crippen LogP contribution in [-0.2, 0) is 4.79 Å². The molecule has 0 atom stereocenters. The zero-order valence-electron chi connectivity index (χ0n) is 14.6. The molecule has 0 aromatic heterocycles. The van der Waals surface area contributed by atoms with Crippen molar-refractivity contribution in [3.05, 3.63) is 24.3 Å². The maximum Gasteiger partial charge on any atom is 0.222 e. The number of nitrogens with zero attached hydrogens (tertiary/aromatic N) is 1. The van der Waals surface area contributed by atoms with E-state index in [9.17, 15) is 4.79 Å². The summed E-state index contributed by atoms with van der Waals surface area (Å²) in [6, 6.07) is 7.51. The van der Waals surface area contributed by atoms with Crippen LogP contribution in [0.2, 0.25) is 0 Å². The third-order valence-corrected chi connectivity index (χ3v) is 4.32. The fourth-order valence-electron chi connectivity index (χ4n) is 2.92. The fraction of sp³-hybridized carbons (Fsp3) is 0.611. The maximum atomic E-state index is 12.2. The van der Waals surface area contributed by atoms with E-state index in [-0.39, 0.29) is 18.3 Å². The van der Waals surface area contributed by atoms with Gasteiger partial charge in [0.05, 0.1) is 13.7 Å². The van der Waals surface area contributed by atoms with Gasteiger partial charge in [-0.15, -0.1) is 12.4 Å². The molecule has 1 N–H and O–H groups in total. The number of carbonyl (C=O) groups excluding carboxylic acids is 1. The average Bonchev–Trinajstić information content (AvgIpc) is 2.60. The molecule has 1 heterocycles. The summed E-state index contributed by atoms with van der Waals surface area (Å²) < 4.78 is 10.8. The molecule has 1 aromatic carbocycles. The first-order chi connectivity index (χ1) is 11.2. The molecule has 1 aliphatic heterocycles. The Labute approximate surface area is 151 Å². The van der Waals surface area contributed by atoms with Crippen LogP contribution in [0.1, 0.15) is 25.7 Å². The number of benzene rings is 1. The standard InChI is InChI=1S/C18H28N2O3.ClH/c1-19-14-15-9-11-20(12-10-15)18(21)4-3-13-23-17-7-5-16(22-2)6-8-17;/h5-8,15,19H,3-4,9-14H2,1-2H3;1H. The van der Waals surface area contributed by atoms with E-state index >= 15 is 0 Å². The van der Waals surface area contributed by atoms with Gasteiger partial charge in [0.15, 0.2) is 0 Å². The van der Waals surface area contributed by atoms with Crippen molar-refractivity contribution in [2.45, 2.75) is 25.7 Å². The van der Waals surface area contributed by atoms with E-state index in [2.05, 4.69) is 5.32 Å². The molecule has 24 heavy (non-hydrogen) atoms. The molecule has 0 radical (unpaired) electrons. The number of amides is 1. The number of hydrogen-bond acceptors (Lipinski definition) is 4. The van der Waals surface area contributed by atoms with E-state index in [1.165, 1.54) is 0 Å². The van der Waals surface area contributed by atoms with Crippen LogP contribution in [0.4, 0.5) is 0 Å². The predicted octanol–water partition coefficient (Wildman–Crippen LogP) is 2.73. The molecule has 136 valence electrons. The third-order valence-electron chi connectivity index (χ3n) is 4.32. The first kappa shape index (κ1) is 20.6. The Morgan fingerprint density at radius 1 is 1.21 bits per heavy atom. The first-order valence-electron chi connectivity index (χ1n) is 8.42. The zero-order valence-corrected chi connectivity index (χ0v) is 15.4. The van der Waals surface area contributed by atoms with Gasteiger partial charge in [-0.2, -0.15) is 0 Å². The van der Waals surface area contributed by atoms with E-state index in [1.54, 1.807) is 7.11 Å². The summed E-state index contributed by atoms with van der Waals surface area (Å²) in [7, 11) is 3.63. The number of halogens is 1. The fourth-order valence-corrected chi connectivity index (χ4v) is 2.92. The number of piperidine rings is 1. The second kappa shape index (κ2) is 11.2. The molecule has 0 unspecified atom stereocenters. The molecule has 1 fully saturated rings. The Hall–Kier alpha value is -1.46. The monoisotopic (exact) mass is 356 g/mol. The van der Waals surface area contributed by atoms with Crippen molar-refractivity contribution in [2.75, 3.05) is 40.4 Å². The summed E-state index contributed by atoms with van der Waals surface area (Å²) in [4.78, 5) is 14.2. The van der Waals surface area contributed by atoms with Gasteiger partial charge < -0.3 is 19.7 Å². The summed E-state index contributed by atoms with van der Waals surface area (Å²) in [5.41, 5.74) is 0. The molecule has 0 saturated carbocycles. The summed E-state index contributed by atoms with van der Waals surface area (Å²) in [5, 5.41) is 3.22. The van der Waals surface area contributed by atoms with E-state index in [4.69, 9.17) is 9.47 Å². The van der Waals surface area contributed by atoms with Crippen molar-refractivity contribution < 1.29 is 14.3 Å². The molecule has 0 spiro atoms. The number of nitrogens with one attached hydrogen (secondary N) is 1. The van der Waals surface area contributed by atoms with Crippen LogP contribution >= 0.6 is 12.4 Å². The Morgan fingerprint density at radius 2 is 1.83 bits per heavy atom. The number of ether oxygens (including phenoxy) is 2. The number of carbonyl (C=O) groups is 1. The van der Waals surface area contributed by atoms with Gasteiger partial charge in [0, 0.05) is 19.5 Å². The van der Waals surface area contributed by atoms with E-state index < -0.39 is 0 Å². The molecule has 1 saturated heterocycles. The molecular weight excluding hydrogens is 328 g/mol. The summed E-state index contributed by atoms with van der Waals surface area (Å²) in [5.74, 6) is 2.59. The van der Waals surface area contributed by atoms with Gasteiger partial charge >= 0.3 is 0 Å². The second-order valence-electron chi connectivity index (χ2n) is 6.01. The lowest BCUT2D eigenvalue weighted by molar-refractivity contribution is -0.132. The van der Waals surface area contributed by atoms with Crippen molar-refractivity contribution >= 4 is 18.3 Å². The van der Waals surface area contributed by atoms with Gasteiger partial charge in [0.25, 0.3) is 0 Å². The van der Waals surface area contributed by atoms with Gasteiger partial charge in [-0.1, -0.05) is 0 Å². The SMILES string of the molecule is CNCC1CCN(C(=O)CCCOc2ccc(OC)cc2)CC1.Cl. The smallest absolute Gasteiger partial charge is 0.222 e. The topological polar surface area (TPSA) is 50.8 Å². The van der Waals surface area contributed by atoms with Crippen LogP contribution in [0.15, 0.2) is 24.3 Å². The van der Waals surface area contributed by atoms with Crippen molar-refractivity contribution in [2.24, 2.45) is 5.92 Å². The molecule has 5 nitrogen and oxygen atoms in total. The number of likely N-dealkylation sites (tertiary alicyclic amines) is 1. The maximum absolute atomic E-state index is 12.2. The highest BCUT2D eigenvalue weighted by Gasteiger charge is 2.21. The van der Waals surface area contributed by atoms with Crippen LogP contribution in [0, 0.1) is 5.92 Å². The molecule has 6 heteroatoms. The van der Waals surface area contributed by atoms with Crippen LogP contribution in [0.5, 0.6) is 11.5 Å². The van der Waals surface area contributed by atoms with Crippen molar-refractivity contribution in [3.63, 3.8) is 0 Å². The molecule has 1 aliphatic rings. The zero-order chi connectivity index (χ0) is 16.5. The average molecular weight is 357 g/mol. The largest absolute Gasteiger partial charge is 0.497 e. The van der Waals surface area contributed by atoms with E-state index in [0.29, 0.717) is 18.9 Å². The number of rotatable bonds is 8. The van der Waals surface area contributed by atoms with Gasteiger partial charge in [0.1, 0.15) is 11.5 Å². The molecule has 1 amide bonds. The molecular formula is C18H29ClN2O3. The molecule has 0 bridgehead atoms.